The largest absolute Gasteiger partial charge is 0.462 e. The summed E-state index contributed by atoms with van der Waals surface area (Å²) in [5.41, 5.74) is 2.93. The first-order valence-corrected chi connectivity index (χ1v) is 8.93. The number of benzene rings is 2. The number of rotatable bonds is 9. The van der Waals surface area contributed by atoms with Crippen LogP contribution in [-0.2, 0) is 22.4 Å². The molecule has 0 aromatic heterocycles. The average Bonchev–Trinajstić information content (AvgIpc) is 2.63. The van der Waals surface area contributed by atoms with Gasteiger partial charge in [-0.05, 0) is 36.6 Å². The summed E-state index contributed by atoms with van der Waals surface area (Å²) in [4.78, 5) is 35.7. The monoisotopic (exact) mass is 352 g/mol. The zero-order chi connectivity index (χ0) is 18.9. The molecule has 2 rings (SSSR count). The quantitative estimate of drug-likeness (QED) is 0.501. The molecule has 0 saturated carbocycles. The van der Waals surface area contributed by atoms with Crippen molar-refractivity contribution in [2.75, 3.05) is 6.61 Å². The molecular weight excluding hydrogens is 328 g/mol. The van der Waals surface area contributed by atoms with Crippen molar-refractivity contribution in [3.63, 3.8) is 0 Å². The SMILES string of the molecule is CCCC(=O)c1ccc(CC(=O)Cc2ccc(C(=O)OCC)cc2)cc1. The Labute approximate surface area is 154 Å². The maximum Gasteiger partial charge on any atom is 0.338 e. The second-order valence-electron chi connectivity index (χ2n) is 6.18. The summed E-state index contributed by atoms with van der Waals surface area (Å²) in [7, 11) is 0. The van der Waals surface area contributed by atoms with Crippen molar-refractivity contribution in [3.8, 4) is 0 Å². The third kappa shape index (κ3) is 5.66. The van der Waals surface area contributed by atoms with Crippen molar-refractivity contribution in [2.24, 2.45) is 0 Å². The number of carbonyl (C=O) groups is 3. The average molecular weight is 352 g/mol. The molecule has 0 spiro atoms. The Kier molecular flexibility index (Phi) is 7.27. The van der Waals surface area contributed by atoms with Gasteiger partial charge in [-0.2, -0.15) is 0 Å². The van der Waals surface area contributed by atoms with Crippen LogP contribution in [0.2, 0.25) is 0 Å². The minimum Gasteiger partial charge on any atom is -0.462 e. The second-order valence-corrected chi connectivity index (χ2v) is 6.18. The van der Waals surface area contributed by atoms with Gasteiger partial charge in [0, 0.05) is 24.8 Å². The molecule has 2 aromatic carbocycles. The molecule has 4 heteroatoms. The first kappa shape index (κ1) is 19.6. The summed E-state index contributed by atoms with van der Waals surface area (Å²) < 4.78 is 4.94. The van der Waals surface area contributed by atoms with Crippen LogP contribution in [0.15, 0.2) is 48.5 Å². The first-order chi connectivity index (χ1) is 12.5. The summed E-state index contributed by atoms with van der Waals surface area (Å²) in [5, 5.41) is 0. The Morgan fingerprint density at radius 2 is 1.27 bits per heavy atom. The zero-order valence-electron chi connectivity index (χ0n) is 15.3. The van der Waals surface area contributed by atoms with Gasteiger partial charge in [0.1, 0.15) is 5.78 Å². The highest BCUT2D eigenvalue weighted by Crippen LogP contribution is 2.12. The minimum absolute atomic E-state index is 0.0847. The number of ketones is 2. The molecule has 0 atom stereocenters. The molecule has 4 nitrogen and oxygen atoms in total. The summed E-state index contributed by atoms with van der Waals surface area (Å²) in [6, 6.07) is 14.1. The van der Waals surface area contributed by atoms with Gasteiger partial charge in [0.25, 0.3) is 0 Å². The Morgan fingerprint density at radius 3 is 1.73 bits per heavy atom. The van der Waals surface area contributed by atoms with Gasteiger partial charge in [-0.1, -0.05) is 43.3 Å². The van der Waals surface area contributed by atoms with E-state index < -0.39 is 0 Å². The highest BCUT2D eigenvalue weighted by Gasteiger charge is 2.10. The van der Waals surface area contributed by atoms with E-state index in [9.17, 15) is 14.4 Å². The number of ether oxygens (including phenoxy) is 1. The van der Waals surface area contributed by atoms with Crippen LogP contribution in [-0.4, -0.2) is 24.1 Å². The molecule has 2 aromatic rings. The number of Topliss-reactive ketones (excluding diaryl/α,β-unsaturated/α-hetero) is 2. The zero-order valence-corrected chi connectivity index (χ0v) is 15.3. The molecule has 0 saturated heterocycles. The summed E-state index contributed by atoms with van der Waals surface area (Å²) in [6.45, 7) is 4.07. The molecule has 26 heavy (non-hydrogen) atoms. The van der Waals surface area contributed by atoms with Crippen LogP contribution >= 0.6 is 0 Å². The fraction of sp³-hybridized carbons (Fsp3) is 0.318. The lowest BCUT2D eigenvalue weighted by Crippen LogP contribution is -2.08. The van der Waals surface area contributed by atoms with E-state index in [1.807, 2.05) is 19.1 Å². The maximum atomic E-state index is 12.3. The smallest absolute Gasteiger partial charge is 0.338 e. The van der Waals surface area contributed by atoms with Gasteiger partial charge in [0.05, 0.1) is 12.2 Å². The van der Waals surface area contributed by atoms with Gasteiger partial charge in [0.2, 0.25) is 0 Å². The fourth-order valence-electron chi connectivity index (χ4n) is 2.67. The normalized spacial score (nSPS) is 10.4. The third-order valence-electron chi connectivity index (χ3n) is 4.02. The Morgan fingerprint density at radius 1 is 0.769 bits per heavy atom. The molecule has 0 aliphatic rings. The Hall–Kier alpha value is -2.75. The molecule has 0 N–H and O–H groups in total. The van der Waals surface area contributed by atoms with E-state index in [1.165, 1.54) is 0 Å². The number of hydrogen-bond donors (Lipinski definition) is 0. The number of hydrogen-bond acceptors (Lipinski definition) is 4. The van der Waals surface area contributed by atoms with Crippen LogP contribution in [0.25, 0.3) is 0 Å². The van der Waals surface area contributed by atoms with E-state index in [4.69, 9.17) is 4.74 Å². The molecule has 0 aliphatic carbocycles. The molecule has 0 unspecified atom stereocenters. The van der Waals surface area contributed by atoms with Gasteiger partial charge < -0.3 is 4.74 Å². The van der Waals surface area contributed by atoms with Crippen LogP contribution in [0.5, 0.6) is 0 Å². The van der Waals surface area contributed by atoms with Crippen LogP contribution in [0.4, 0.5) is 0 Å². The molecular formula is C22H24O4. The predicted octanol–water partition coefficient (Wildman–Crippen LogP) is 4.20. The first-order valence-electron chi connectivity index (χ1n) is 8.93. The molecule has 136 valence electrons. The van der Waals surface area contributed by atoms with Crippen molar-refractivity contribution < 1.29 is 19.1 Å². The van der Waals surface area contributed by atoms with Crippen LogP contribution in [0, 0.1) is 0 Å². The van der Waals surface area contributed by atoms with Crippen molar-refractivity contribution in [1.82, 2.24) is 0 Å². The van der Waals surface area contributed by atoms with E-state index in [-0.39, 0.29) is 17.5 Å². The fourth-order valence-corrected chi connectivity index (χ4v) is 2.67. The van der Waals surface area contributed by atoms with E-state index >= 15 is 0 Å². The summed E-state index contributed by atoms with van der Waals surface area (Å²) in [5.74, 6) is -0.142. The second kappa shape index (κ2) is 9.66. The van der Waals surface area contributed by atoms with Crippen molar-refractivity contribution >= 4 is 17.5 Å². The number of esters is 1. The van der Waals surface area contributed by atoms with Crippen molar-refractivity contribution in [1.29, 1.82) is 0 Å². The van der Waals surface area contributed by atoms with Crippen molar-refractivity contribution in [3.05, 3.63) is 70.8 Å². The molecule has 0 bridgehead atoms. The molecule has 0 fully saturated rings. The van der Waals surface area contributed by atoms with Gasteiger partial charge in [-0.3, -0.25) is 9.59 Å². The lowest BCUT2D eigenvalue weighted by molar-refractivity contribution is -0.117. The molecule has 0 aliphatic heterocycles. The number of carbonyl (C=O) groups excluding carboxylic acids is 3. The van der Waals surface area contributed by atoms with Gasteiger partial charge in [0.15, 0.2) is 5.78 Å². The molecule has 0 radical (unpaired) electrons. The van der Waals surface area contributed by atoms with Crippen LogP contribution in [0.3, 0.4) is 0 Å². The van der Waals surface area contributed by atoms with E-state index in [0.29, 0.717) is 37.0 Å². The van der Waals surface area contributed by atoms with E-state index in [0.717, 1.165) is 17.5 Å². The van der Waals surface area contributed by atoms with E-state index in [1.54, 1.807) is 43.3 Å². The topological polar surface area (TPSA) is 60.4 Å². The van der Waals surface area contributed by atoms with Gasteiger partial charge in [-0.15, -0.1) is 0 Å². The standard InChI is InChI=1S/C22H24O4/c1-3-5-21(24)18-10-6-16(7-11-18)14-20(23)15-17-8-12-19(13-9-17)22(25)26-4-2/h6-13H,3-5,14-15H2,1-2H3. The Bertz CT molecular complexity index is 692. The van der Waals surface area contributed by atoms with E-state index in [2.05, 4.69) is 0 Å². The van der Waals surface area contributed by atoms with Gasteiger partial charge >= 0.3 is 5.97 Å². The summed E-state index contributed by atoms with van der Waals surface area (Å²) >= 11 is 0. The maximum absolute atomic E-state index is 12.3. The molecule has 0 heterocycles. The highest BCUT2D eigenvalue weighted by atomic mass is 16.5. The van der Waals surface area contributed by atoms with Crippen molar-refractivity contribution in [2.45, 2.75) is 39.5 Å². The predicted molar refractivity (Wildman–Crippen MR) is 100 cm³/mol. The molecule has 0 amide bonds. The van der Waals surface area contributed by atoms with Crippen LogP contribution < -0.4 is 0 Å². The minimum atomic E-state index is -0.358. The van der Waals surface area contributed by atoms with Crippen LogP contribution in [0.1, 0.15) is 58.5 Å². The lowest BCUT2D eigenvalue weighted by atomic mass is 9.99. The Balaban J connectivity index is 1.92. The van der Waals surface area contributed by atoms with Gasteiger partial charge in [-0.25, -0.2) is 4.79 Å². The lowest BCUT2D eigenvalue weighted by Gasteiger charge is -2.05. The third-order valence-corrected chi connectivity index (χ3v) is 4.02. The highest BCUT2D eigenvalue weighted by molar-refractivity contribution is 5.96. The summed E-state index contributed by atoms with van der Waals surface area (Å²) in [6.07, 6.45) is 2.00.